The van der Waals surface area contributed by atoms with Crippen molar-refractivity contribution < 1.29 is 14.7 Å². The summed E-state index contributed by atoms with van der Waals surface area (Å²) < 4.78 is 0. The van der Waals surface area contributed by atoms with Gasteiger partial charge in [0.2, 0.25) is 0 Å². The van der Waals surface area contributed by atoms with Crippen LogP contribution in [-0.2, 0) is 6.42 Å². The van der Waals surface area contributed by atoms with Crippen LogP contribution in [0.1, 0.15) is 65.5 Å². The predicted octanol–water partition coefficient (Wildman–Crippen LogP) is 4.21. The average molecular weight is 324 g/mol. The molecule has 2 aromatic rings. The van der Waals surface area contributed by atoms with Crippen LogP contribution in [0.2, 0.25) is 0 Å². The van der Waals surface area contributed by atoms with Crippen molar-refractivity contribution in [3.63, 3.8) is 0 Å². The Bertz CT molecular complexity index is 704. The van der Waals surface area contributed by atoms with Crippen molar-refractivity contribution >= 4 is 11.6 Å². The number of aliphatic hydroxyl groups is 1. The van der Waals surface area contributed by atoms with Gasteiger partial charge in [0.15, 0.2) is 11.6 Å². The Morgan fingerprint density at radius 1 is 0.875 bits per heavy atom. The van der Waals surface area contributed by atoms with Gasteiger partial charge < -0.3 is 5.11 Å². The molecule has 0 heterocycles. The van der Waals surface area contributed by atoms with Crippen LogP contribution in [0.4, 0.5) is 0 Å². The minimum Gasteiger partial charge on any atom is -0.382 e. The monoisotopic (exact) mass is 324 g/mol. The maximum Gasteiger partial charge on any atom is 0.193 e. The molecule has 0 spiro atoms. The van der Waals surface area contributed by atoms with Crippen molar-refractivity contribution in [2.45, 2.75) is 45.6 Å². The van der Waals surface area contributed by atoms with E-state index in [-0.39, 0.29) is 11.6 Å². The SMILES string of the molecule is CCCCc1ccc(C(=O)c2ccc(C(=O)C(C)(C)O)cc2)cc1. The van der Waals surface area contributed by atoms with E-state index in [9.17, 15) is 14.7 Å². The molecule has 2 rings (SSSR count). The first-order chi connectivity index (χ1) is 11.3. The van der Waals surface area contributed by atoms with Gasteiger partial charge in [0.25, 0.3) is 0 Å². The molecular formula is C21H24O3. The Balaban J connectivity index is 2.14. The molecular weight excluding hydrogens is 300 g/mol. The summed E-state index contributed by atoms with van der Waals surface area (Å²) in [5.41, 5.74) is 1.38. The molecule has 24 heavy (non-hydrogen) atoms. The fourth-order valence-corrected chi connectivity index (χ4v) is 2.50. The van der Waals surface area contributed by atoms with Gasteiger partial charge >= 0.3 is 0 Å². The summed E-state index contributed by atoms with van der Waals surface area (Å²) in [6.07, 6.45) is 3.32. The lowest BCUT2D eigenvalue weighted by molar-refractivity contribution is 0.0488. The number of rotatable bonds is 7. The molecule has 0 bridgehead atoms. The van der Waals surface area contributed by atoms with E-state index in [0.29, 0.717) is 16.7 Å². The van der Waals surface area contributed by atoms with Gasteiger partial charge in [-0.1, -0.05) is 61.9 Å². The molecule has 0 unspecified atom stereocenters. The second-order valence-electron chi connectivity index (χ2n) is 6.60. The second-order valence-corrected chi connectivity index (χ2v) is 6.60. The molecule has 0 saturated carbocycles. The van der Waals surface area contributed by atoms with Crippen LogP contribution in [0.15, 0.2) is 48.5 Å². The smallest absolute Gasteiger partial charge is 0.193 e. The zero-order valence-electron chi connectivity index (χ0n) is 14.5. The number of benzene rings is 2. The van der Waals surface area contributed by atoms with Crippen LogP contribution in [0, 0.1) is 0 Å². The number of Topliss-reactive ketones (excluding diaryl/α,β-unsaturated/α-hetero) is 1. The molecule has 2 aromatic carbocycles. The van der Waals surface area contributed by atoms with Crippen LogP contribution < -0.4 is 0 Å². The van der Waals surface area contributed by atoms with E-state index in [2.05, 4.69) is 6.92 Å². The summed E-state index contributed by atoms with van der Waals surface area (Å²) in [5, 5.41) is 9.77. The maximum atomic E-state index is 12.5. The largest absolute Gasteiger partial charge is 0.382 e. The summed E-state index contributed by atoms with van der Waals surface area (Å²) >= 11 is 0. The highest BCUT2D eigenvalue weighted by atomic mass is 16.3. The third kappa shape index (κ3) is 4.39. The van der Waals surface area contributed by atoms with E-state index < -0.39 is 5.60 Å². The van der Waals surface area contributed by atoms with Crippen molar-refractivity contribution in [1.29, 1.82) is 0 Å². The summed E-state index contributed by atoms with van der Waals surface area (Å²) in [6, 6.07) is 14.1. The summed E-state index contributed by atoms with van der Waals surface area (Å²) in [5.74, 6) is -0.430. The molecule has 3 nitrogen and oxygen atoms in total. The first-order valence-electron chi connectivity index (χ1n) is 8.34. The fourth-order valence-electron chi connectivity index (χ4n) is 2.50. The standard InChI is InChI=1S/C21H24O3/c1-4-5-6-15-7-9-16(10-8-15)19(22)17-11-13-18(14-12-17)20(23)21(2,3)24/h7-14,24H,4-6H2,1-3H3. The molecule has 0 fully saturated rings. The van der Waals surface area contributed by atoms with Gasteiger partial charge in [-0.05, 0) is 32.3 Å². The maximum absolute atomic E-state index is 12.5. The Morgan fingerprint density at radius 2 is 1.33 bits per heavy atom. The van der Waals surface area contributed by atoms with Crippen molar-refractivity contribution in [3.05, 3.63) is 70.8 Å². The minimum atomic E-state index is -1.42. The molecule has 0 aliphatic rings. The van der Waals surface area contributed by atoms with Crippen molar-refractivity contribution in [3.8, 4) is 0 Å². The van der Waals surface area contributed by atoms with E-state index >= 15 is 0 Å². The van der Waals surface area contributed by atoms with Gasteiger partial charge in [0.1, 0.15) is 5.60 Å². The molecule has 3 heteroatoms. The van der Waals surface area contributed by atoms with E-state index in [1.165, 1.54) is 19.4 Å². The van der Waals surface area contributed by atoms with E-state index in [0.717, 1.165) is 19.3 Å². The highest BCUT2D eigenvalue weighted by Crippen LogP contribution is 2.16. The number of hydrogen-bond acceptors (Lipinski definition) is 3. The van der Waals surface area contributed by atoms with Gasteiger partial charge in [-0.15, -0.1) is 0 Å². The Labute approximate surface area is 143 Å². The number of carbonyl (C=O) groups excluding carboxylic acids is 2. The van der Waals surface area contributed by atoms with Crippen molar-refractivity contribution in [2.24, 2.45) is 0 Å². The van der Waals surface area contributed by atoms with Crippen LogP contribution in [0.3, 0.4) is 0 Å². The topological polar surface area (TPSA) is 54.4 Å². The molecule has 0 radical (unpaired) electrons. The van der Waals surface area contributed by atoms with E-state index in [4.69, 9.17) is 0 Å². The molecule has 0 aliphatic carbocycles. The lowest BCUT2D eigenvalue weighted by atomic mass is 9.94. The van der Waals surface area contributed by atoms with Crippen LogP contribution in [0.25, 0.3) is 0 Å². The minimum absolute atomic E-state index is 0.0701. The molecule has 0 aliphatic heterocycles. The molecule has 0 aromatic heterocycles. The molecule has 1 N–H and O–H groups in total. The molecule has 0 saturated heterocycles. The zero-order chi connectivity index (χ0) is 17.7. The van der Waals surface area contributed by atoms with E-state index in [1.807, 2.05) is 24.3 Å². The van der Waals surface area contributed by atoms with Gasteiger partial charge in [-0.25, -0.2) is 0 Å². The number of hydrogen-bond donors (Lipinski definition) is 1. The fraction of sp³-hybridized carbons (Fsp3) is 0.333. The van der Waals surface area contributed by atoms with Crippen LogP contribution in [-0.4, -0.2) is 22.3 Å². The Morgan fingerprint density at radius 3 is 1.79 bits per heavy atom. The van der Waals surface area contributed by atoms with Gasteiger partial charge in [0.05, 0.1) is 0 Å². The predicted molar refractivity (Wildman–Crippen MR) is 95.6 cm³/mol. The first kappa shape index (κ1) is 18.1. The highest BCUT2D eigenvalue weighted by molar-refractivity contribution is 6.09. The second kappa shape index (κ2) is 7.54. The normalized spacial score (nSPS) is 11.3. The number of ketones is 2. The van der Waals surface area contributed by atoms with Crippen molar-refractivity contribution in [1.82, 2.24) is 0 Å². The van der Waals surface area contributed by atoms with Gasteiger partial charge in [-0.3, -0.25) is 9.59 Å². The summed E-state index contributed by atoms with van der Waals surface area (Å²) in [4.78, 5) is 24.5. The van der Waals surface area contributed by atoms with Gasteiger partial charge in [0, 0.05) is 16.7 Å². The van der Waals surface area contributed by atoms with Crippen LogP contribution >= 0.6 is 0 Å². The average Bonchev–Trinajstić information content (AvgIpc) is 2.58. The van der Waals surface area contributed by atoms with Gasteiger partial charge in [-0.2, -0.15) is 0 Å². The third-order valence-corrected chi connectivity index (χ3v) is 4.00. The van der Waals surface area contributed by atoms with E-state index in [1.54, 1.807) is 24.3 Å². The quantitative estimate of drug-likeness (QED) is 0.776. The number of carbonyl (C=O) groups is 2. The summed E-state index contributed by atoms with van der Waals surface area (Å²) in [6.45, 7) is 5.06. The lowest BCUT2D eigenvalue weighted by Gasteiger charge is -2.15. The molecule has 0 atom stereocenters. The van der Waals surface area contributed by atoms with Crippen molar-refractivity contribution in [2.75, 3.05) is 0 Å². The zero-order valence-corrected chi connectivity index (χ0v) is 14.5. The molecule has 0 amide bonds. The number of aryl methyl sites for hydroxylation is 1. The molecule has 126 valence electrons. The first-order valence-corrected chi connectivity index (χ1v) is 8.34. The number of unbranched alkanes of at least 4 members (excludes halogenated alkanes) is 1. The highest BCUT2D eigenvalue weighted by Gasteiger charge is 2.25. The Hall–Kier alpha value is -2.26. The third-order valence-electron chi connectivity index (χ3n) is 4.00. The summed E-state index contributed by atoms with van der Waals surface area (Å²) in [7, 11) is 0. The van der Waals surface area contributed by atoms with Crippen LogP contribution in [0.5, 0.6) is 0 Å². The Kier molecular flexibility index (Phi) is 5.68. The lowest BCUT2D eigenvalue weighted by Crippen LogP contribution is -2.31.